The predicted molar refractivity (Wildman–Crippen MR) is 117 cm³/mol. The molecule has 1 aliphatic rings. The van der Waals surface area contributed by atoms with Crippen LogP contribution < -0.4 is 5.32 Å². The Morgan fingerprint density at radius 3 is 2.62 bits per heavy atom. The van der Waals surface area contributed by atoms with Crippen molar-refractivity contribution < 1.29 is 4.79 Å². The van der Waals surface area contributed by atoms with Crippen molar-refractivity contribution in [2.45, 2.75) is 32.2 Å². The normalized spacial score (nSPS) is 15.7. The number of likely N-dealkylation sites (N-methyl/N-ethyl adjacent to an activating group) is 1. The lowest BCUT2D eigenvalue weighted by Gasteiger charge is -2.31. The molecule has 2 heterocycles. The van der Waals surface area contributed by atoms with Gasteiger partial charge in [0.1, 0.15) is 0 Å². The van der Waals surface area contributed by atoms with Crippen molar-refractivity contribution in [2.24, 2.45) is 13.0 Å². The van der Waals surface area contributed by atoms with Crippen LogP contribution in [-0.2, 0) is 18.4 Å². The Kier molecular flexibility index (Phi) is 7.83. The molecule has 6 heteroatoms. The van der Waals surface area contributed by atoms with Gasteiger partial charge in [0.05, 0.1) is 5.69 Å². The Labute approximate surface area is 174 Å². The van der Waals surface area contributed by atoms with Crippen molar-refractivity contribution in [3.63, 3.8) is 0 Å². The Morgan fingerprint density at radius 2 is 1.93 bits per heavy atom. The second-order valence-corrected chi connectivity index (χ2v) is 8.45. The number of piperidine rings is 1. The third kappa shape index (κ3) is 6.68. The minimum atomic E-state index is 0.192. The molecular formula is C23H35N5O. The fourth-order valence-electron chi connectivity index (χ4n) is 4.01. The van der Waals surface area contributed by atoms with E-state index >= 15 is 0 Å². The van der Waals surface area contributed by atoms with Gasteiger partial charge in [-0.1, -0.05) is 30.3 Å². The van der Waals surface area contributed by atoms with Crippen molar-refractivity contribution >= 4 is 5.91 Å². The average molecular weight is 398 g/mol. The number of hydrogen-bond donors (Lipinski definition) is 1. The lowest BCUT2D eigenvalue weighted by molar-refractivity contribution is -0.121. The van der Waals surface area contributed by atoms with Gasteiger partial charge < -0.3 is 10.2 Å². The summed E-state index contributed by atoms with van der Waals surface area (Å²) in [5.41, 5.74) is 3.56. The number of amides is 1. The summed E-state index contributed by atoms with van der Waals surface area (Å²) in [5.74, 6) is 0.852. The molecule has 2 aromatic rings. The number of benzene rings is 1. The van der Waals surface area contributed by atoms with Crippen LogP contribution in [0.2, 0.25) is 0 Å². The zero-order valence-electron chi connectivity index (χ0n) is 18.1. The molecule has 158 valence electrons. The number of aryl methyl sites for hydroxylation is 1. The van der Waals surface area contributed by atoms with Crippen LogP contribution in [0.15, 0.2) is 36.5 Å². The van der Waals surface area contributed by atoms with Gasteiger partial charge in [0.15, 0.2) is 0 Å². The summed E-state index contributed by atoms with van der Waals surface area (Å²) in [7, 11) is 6.04. The number of carbonyl (C=O) groups excluding carboxylic acids is 1. The van der Waals surface area contributed by atoms with Crippen LogP contribution in [0, 0.1) is 5.92 Å². The van der Waals surface area contributed by atoms with Crippen molar-refractivity contribution in [3.8, 4) is 11.3 Å². The lowest BCUT2D eigenvalue weighted by atomic mass is 9.91. The first kappa shape index (κ1) is 21.5. The number of aromatic nitrogens is 2. The molecule has 1 aromatic heterocycles. The zero-order valence-corrected chi connectivity index (χ0v) is 18.1. The Balaban J connectivity index is 1.43. The summed E-state index contributed by atoms with van der Waals surface area (Å²) < 4.78 is 1.92. The molecule has 1 N–H and O–H groups in total. The summed E-state index contributed by atoms with van der Waals surface area (Å²) in [6.07, 6.45) is 6.15. The average Bonchev–Trinajstić information content (AvgIpc) is 3.08. The monoisotopic (exact) mass is 397 g/mol. The SMILES string of the molecule is CN(C)CCNC(=O)CCC1CCN(Cc2cn(C)nc2-c2ccccc2)CC1. The zero-order chi connectivity index (χ0) is 20.6. The number of rotatable bonds is 9. The molecule has 0 saturated carbocycles. The van der Waals surface area contributed by atoms with Gasteiger partial charge in [0, 0.05) is 50.4 Å². The quantitative estimate of drug-likeness (QED) is 0.707. The first-order valence-corrected chi connectivity index (χ1v) is 10.7. The van der Waals surface area contributed by atoms with E-state index in [9.17, 15) is 4.79 Å². The molecule has 1 fully saturated rings. The fraction of sp³-hybridized carbons (Fsp3) is 0.565. The highest BCUT2D eigenvalue weighted by Crippen LogP contribution is 2.26. The Bertz CT molecular complexity index is 763. The molecule has 1 amide bonds. The van der Waals surface area contributed by atoms with Crippen molar-refractivity contribution in [1.29, 1.82) is 0 Å². The van der Waals surface area contributed by atoms with E-state index in [2.05, 4.69) is 50.7 Å². The summed E-state index contributed by atoms with van der Waals surface area (Å²) in [6.45, 7) is 4.75. The third-order valence-corrected chi connectivity index (χ3v) is 5.71. The van der Waals surface area contributed by atoms with Crippen LogP contribution in [0.1, 0.15) is 31.2 Å². The Morgan fingerprint density at radius 1 is 1.21 bits per heavy atom. The van der Waals surface area contributed by atoms with Crippen molar-refractivity contribution in [1.82, 2.24) is 24.9 Å². The lowest BCUT2D eigenvalue weighted by Crippen LogP contribution is -2.34. The molecule has 0 unspecified atom stereocenters. The smallest absolute Gasteiger partial charge is 0.220 e. The maximum absolute atomic E-state index is 12.0. The van der Waals surface area contributed by atoms with E-state index in [0.717, 1.165) is 44.8 Å². The van der Waals surface area contributed by atoms with Crippen LogP contribution in [0.25, 0.3) is 11.3 Å². The van der Waals surface area contributed by atoms with E-state index < -0.39 is 0 Å². The van der Waals surface area contributed by atoms with Crippen LogP contribution in [0.4, 0.5) is 0 Å². The highest BCUT2D eigenvalue weighted by molar-refractivity contribution is 5.75. The number of carbonyl (C=O) groups is 1. The highest BCUT2D eigenvalue weighted by Gasteiger charge is 2.21. The van der Waals surface area contributed by atoms with Gasteiger partial charge in [-0.3, -0.25) is 14.4 Å². The largest absolute Gasteiger partial charge is 0.355 e. The van der Waals surface area contributed by atoms with Crippen LogP contribution in [0.3, 0.4) is 0 Å². The first-order chi connectivity index (χ1) is 14.0. The molecule has 6 nitrogen and oxygen atoms in total. The van der Waals surface area contributed by atoms with Crippen molar-refractivity contribution in [3.05, 3.63) is 42.1 Å². The van der Waals surface area contributed by atoms with Gasteiger partial charge in [-0.05, 0) is 52.4 Å². The van der Waals surface area contributed by atoms with E-state index in [0.29, 0.717) is 12.3 Å². The van der Waals surface area contributed by atoms with E-state index in [1.54, 1.807) is 0 Å². The number of nitrogens with zero attached hydrogens (tertiary/aromatic N) is 4. The van der Waals surface area contributed by atoms with Crippen LogP contribution in [0.5, 0.6) is 0 Å². The number of hydrogen-bond acceptors (Lipinski definition) is 4. The van der Waals surface area contributed by atoms with Gasteiger partial charge in [0.25, 0.3) is 0 Å². The van der Waals surface area contributed by atoms with Gasteiger partial charge in [-0.2, -0.15) is 5.10 Å². The van der Waals surface area contributed by atoms with E-state index in [1.807, 2.05) is 31.9 Å². The van der Waals surface area contributed by atoms with Crippen molar-refractivity contribution in [2.75, 3.05) is 40.3 Å². The van der Waals surface area contributed by atoms with Gasteiger partial charge in [0.2, 0.25) is 5.91 Å². The number of likely N-dealkylation sites (tertiary alicyclic amines) is 1. The molecule has 1 saturated heterocycles. The highest BCUT2D eigenvalue weighted by atomic mass is 16.1. The van der Waals surface area contributed by atoms with Gasteiger partial charge in [-0.15, -0.1) is 0 Å². The van der Waals surface area contributed by atoms with E-state index in [4.69, 9.17) is 0 Å². The maximum atomic E-state index is 12.0. The topological polar surface area (TPSA) is 53.4 Å². The summed E-state index contributed by atoms with van der Waals surface area (Å²) in [5, 5.41) is 7.71. The molecule has 0 radical (unpaired) electrons. The molecule has 0 bridgehead atoms. The van der Waals surface area contributed by atoms with Gasteiger partial charge in [-0.25, -0.2) is 0 Å². The standard InChI is InChI=1S/C23H35N5O/c1-26(2)16-13-24-22(29)10-9-19-11-14-28(15-12-19)18-21-17-27(3)25-23(21)20-7-5-4-6-8-20/h4-8,17,19H,9-16,18H2,1-3H3,(H,24,29). The van der Waals surface area contributed by atoms with E-state index in [-0.39, 0.29) is 5.91 Å². The molecule has 0 aliphatic carbocycles. The third-order valence-electron chi connectivity index (χ3n) is 5.71. The number of nitrogens with one attached hydrogen (secondary N) is 1. The van der Waals surface area contributed by atoms with Crippen LogP contribution in [-0.4, -0.2) is 65.8 Å². The maximum Gasteiger partial charge on any atom is 0.220 e. The molecule has 1 aliphatic heterocycles. The summed E-state index contributed by atoms with van der Waals surface area (Å²) in [6, 6.07) is 10.4. The second-order valence-electron chi connectivity index (χ2n) is 8.45. The second kappa shape index (κ2) is 10.6. The minimum absolute atomic E-state index is 0.192. The molecule has 3 rings (SSSR count). The molecule has 1 aromatic carbocycles. The minimum Gasteiger partial charge on any atom is -0.355 e. The first-order valence-electron chi connectivity index (χ1n) is 10.7. The molecule has 29 heavy (non-hydrogen) atoms. The van der Waals surface area contributed by atoms with Crippen LogP contribution >= 0.6 is 0 Å². The molecule has 0 atom stereocenters. The van der Waals surface area contributed by atoms with E-state index in [1.165, 1.54) is 24.0 Å². The predicted octanol–water partition coefficient (Wildman–Crippen LogP) is 2.76. The van der Waals surface area contributed by atoms with Gasteiger partial charge >= 0.3 is 0 Å². The summed E-state index contributed by atoms with van der Waals surface area (Å²) in [4.78, 5) is 16.6. The Hall–Kier alpha value is -2.18. The fourth-order valence-corrected chi connectivity index (χ4v) is 4.01. The summed E-state index contributed by atoms with van der Waals surface area (Å²) >= 11 is 0. The molecular weight excluding hydrogens is 362 g/mol. The molecule has 0 spiro atoms.